The van der Waals surface area contributed by atoms with Gasteiger partial charge in [-0.1, -0.05) is 10.7 Å². The lowest BCUT2D eigenvalue weighted by Crippen LogP contribution is -2.20. The first kappa shape index (κ1) is 6.47. The van der Waals surface area contributed by atoms with Crippen molar-refractivity contribution >= 4 is 5.71 Å². The zero-order valence-corrected chi connectivity index (χ0v) is 4.96. The summed E-state index contributed by atoms with van der Waals surface area (Å²) in [6.07, 6.45) is 0.835. The molecule has 1 rings (SSSR count). The van der Waals surface area contributed by atoms with Gasteiger partial charge in [0.25, 0.3) is 0 Å². The molecule has 0 radical (unpaired) electrons. The summed E-state index contributed by atoms with van der Waals surface area (Å²) in [6, 6.07) is 0. The minimum absolute atomic E-state index is 0.557. The zero-order valence-electron chi connectivity index (χ0n) is 4.96. The fourth-order valence-corrected chi connectivity index (χ4v) is 0.615. The Balaban J connectivity index is 2.22. The van der Waals surface area contributed by atoms with Crippen molar-refractivity contribution in [3.05, 3.63) is 0 Å². The molecule has 3 N–H and O–H groups in total. The lowest BCUT2D eigenvalue weighted by atomic mass is 10.3. The fourth-order valence-electron chi connectivity index (χ4n) is 0.615. The molecule has 0 aromatic rings. The third-order valence-corrected chi connectivity index (χ3v) is 1.03. The first-order valence-electron chi connectivity index (χ1n) is 2.68. The molecule has 1 aliphatic rings. The maximum atomic E-state index is 4.97. The van der Waals surface area contributed by atoms with E-state index in [1.165, 1.54) is 0 Å². The maximum Gasteiger partial charge on any atom is 0.0883 e. The number of hydrazine groups is 1. The van der Waals surface area contributed by atoms with Crippen molar-refractivity contribution in [2.45, 2.75) is 6.42 Å². The Morgan fingerprint density at radius 2 is 2.67 bits per heavy atom. The van der Waals surface area contributed by atoms with E-state index in [1.807, 2.05) is 5.59 Å². The van der Waals surface area contributed by atoms with Crippen LogP contribution in [0.1, 0.15) is 6.42 Å². The minimum atomic E-state index is 0.557. The maximum absolute atomic E-state index is 4.97. The summed E-state index contributed by atoms with van der Waals surface area (Å²) in [7, 11) is 0. The Kier molecular flexibility index (Phi) is 2.44. The van der Waals surface area contributed by atoms with Crippen LogP contribution in [0.3, 0.4) is 0 Å². The zero-order chi connectivity index (χ0) is 6.53. The number of ether oxygens (including phenoxy) is 1. The lowest BCUT2D eigenvalue weighted by molar-refractivity contribution is 0.0459. The summed E-state index contributed by atoms with van der Waals surface area (Å²) in [6.45, 7) is 1.29. The van der Waals surface area contributed by atoms with Crippen molar-refractivity contribution in [2.75, 3.05) is 13.2 Å². The summed E-state index contributed by atoms with van der Waals surface area (Å²) in [4.78, 5) is 4.35. The van der Waals surface area contributed by atoms with E-state index >= 15 is 0 Å². The number of rotatable bonds is 2. The second kappa shape index (κ2) is 3.39. The highest BCUT2D eigenvalue weighted by molar-refractivity contribution is 5.86. The predicted octanol–water partition coefficient (Wildman–Crippen LogP) is -0.842. The van der Waals surface area contributed by atoms with Crippen molar-refractivity contribution in [2.24, 2.45) is 11.0 Å². The molecule has 0 atom stereocenters. The van der Waals surface area contributed by atoms with Crippen LogP contribution in [0.4, 0.5) is 0 Å². The van der Waals surface area contributed by atoms with E-state index < -0.39 is 0 Å². The molecule has 0 spiro atoms. The van der Waals surface area contributed by atoms with Gasteiger partial charge in [0.1, 0.15) is 0 Å². The van der Waals surface area contributed by atoms with Gasteiger partial charge in [0.2, 0.25) is 0 Å². The molecule has 1 aliphatic heterocycles. The van der Waals surface area contributed by atoms with E-state index in [9.17, 15) is 0 Å². The Morgan fingerprint density at radius 1 is 1.78 bits per heavy atom. The summed E-state index contributed by atoms with van der Waals surface area (Å²) >= 11 is 0. The van der Waals surface area contributed by atoms with Gasteiger partial charge in [0.15, 0.2) is 0 Å². The highest BCUT2D eigenvalue weighted by Crippen LogP contribution is 1.98. The van der Waals surface area contributed by atoms with Crippen LogP contribution in [-0.4, -0.2) is 18.9 Å². The average molecular weight is 131 g/mol. The number of nitrogens with two attached hydrogens (primary N) is 1. The van der Waals surface area contributed by atoms with Gasteiger partial charge >= 0.3 is 0 Å². The molecular formula is C4H9N3O2. The van der Waals surface area contributed by atoms with Gasteiger partial charge in [-0.25, -0.2) is 5.84 Å². The second-order valence-corrected chi connectivity index (χ2v) is 1.67. The molecule has 52 valence electrons. The topological polar surface area (TPSA) is 68.9 Å². The molecule has 1 saturated heterocycles. The molecule has 0 aromatic carbocycles. The molecule has 0 amide bonds. The number of nitrogens with zero attached hydrogens (tertiary/aromatic N) is 1. The molecule has 0 saturated carbocycles. The monoisotopic (exact) mass is 131 g/mol. The molecule has 1 fully saturated rings. The van der Waals surface area contributed by atoms with Crippen molar-refractivity contribution in [3.8, 4) is 0 Å². The molecule has 5 heteroatoms. The van der Waals surface area contributed by atoms with Crippen molar-refractivity contribution in [3.63, 3.8) is 0 Å². The van der Waals surface area contributed by atoms with Gasteiger partial charge in [-0.3, -0.25) is 4.94 Å². The van der Waals surface area contributed by atoms with E-state index in [2.05, 4.69) is 10.1 Å². The van der Waals surface area contributed by atoms with Gasteiger partial charge < -0.3 is 4.74 Å². The number of nitrogens with one attached hydrogen (secondary N) is 1. The van der Waals surface area contributed by atoms with Crippen LogP contribution >= 0.6 is 0 Å². The van der Waals surface area contributed by atoms with Gasteiger partial charge in [0, 0.05) is 6.42 Å². The number of hydrogen-bond donors (Lipinski definition) is 2. The molecular weight excluding hydrogens is 122 g/mol. The first-order chi connectivity index (χ1) is 4.43. The van der Waals surface area contributed by atoms with E-state index in [0.717, 1.165) is 18.7 Å². The Hall–Kier alpha value is -0.650. The molecule has 0 bridgehead atoms. The second-order valence-electron chi connectivity index (χ2n) is 1.67. The molecule has 1 heterocycles. The van der Waals surface area contributed by atoms with Crippen LogP contribution in [0.25, 0.3) is 0 Å². The third-order valence-electron chi connectivity index (χ3n) is 1.03. The summed E-state index contributed by atoms with van der Waals surface area (Å²) < 4.78 is 4.97. The van der Waals surface area contributed by atoms with Gasteiger partial charge in [0.05, 0.1) is 18.9 Å². The van der Waals surface area contributed by atoms with Crippen LogP contribution in [0.15, 0.2) is 5.16 Å². The average Bonchev–Trinajstić information content (AvgIpc) is 2.34. The Morgan fingerprint density at radius 3 is 3.22 bits per heavy atom. The lowest BCUT2D eigenvalue weighted by Gasteiger charge is -1.92. The first-order valence-corrected chi connectivity index (χ1v) is 2.68. The van der Waals surface area contributed by atoms with Gasteiger partial charge in [-0.15, -0.1) is 0 Å². The minimum Gasteiger partial charge on any atom is -0.375 e. The molecule has 0 aromatic heterocycles. The van der Waals surface area contributed by atoms with Crippen LogP contribution in [0.2, 0.25) is 0 Å². The SMILES string of the molecule is NNO/N=C1/CCOC1. The number of oxime groups is 1. The van der Waals surface area contributed by atoms with Crippen molar-refractivity contribution in [1.82, 2.24) is 5.59 Å². The van der Waals surface area contributed by atoms with Crippen LogP contribution < -0.4 is 11.4 Å². The van der Waals surface area contributed by atoms with E-state index in [0.29, 0.717) is 6.61 Å². The van der Waals surface area contributed by atoms with Crippen LogP contribution in [0, 0.1) is 0 Å². The van der Waals surface area contributed by atoms with Crippen molar-refractivity contribution in [1.29, 1.82) is 0 Å². The standard InChI is InChI=1S/C4H9N3O2/c5-7-9-6-4-1-2-8-3-4/h7H,1-3,5H2/b6-4-. The largest absolute Gasteiger partial charge is 0.375 e. The Bertz CT molecular complexity index is 106. The van der Waals surface area contributed by atoms with Gasteiger partial charge in [-0.05, 0) is 0 Å². The van der Waals surface area contributed by atoms with Crippen molar-refractivity contribution < 1.29 is 9.68 Å². The molecule has 0 aliphatic carbocycles. The number of hydrogen-bond acceptors (Lipinski definition) is 5. The molecule has 5 nitrogen and oxygen atoms in total. The third kappa shape index (κ3) is 1.96. The smallest absolute Gasteiger partial charge is 0.0883 e. The van der Waals surface area contributed by atoms with Crippen LogP contribution in [-0.2, 0) is 9.68 Å². The fraction of sp³-hybridized carbons (Fsp3) is 0.750. The molecule has 0 unspecified atom stereocenters. The summed E-state index contributed by atoms with van der Waals surface area (Å²) in [5.41, 5.74) is 2.83. The predicted molar refractivity (Wildman–Crippen MR) is 31.3 cm³/mol. The van der Waals surface area contributed by atoms with E-state index in [4.69, 9.17) is 10.6 Å². The highest BCUT2D eigenvalue weighted by Gasteiger charge is 2.08. The normalized spacial score (nSPS) is 23.0. The van der Waals surface area contributed by atoms with E-state index in [1.54, 1.807) is 0 Å². The van der Waals surface area contributed by atoms with Crippen LogP contribution in [0.5, 0.6) is 0 Å². The Labute approximate surface area is 52.7 Å². The van der Waals surface area contributed by atoms with Gasteiger partial charge in [-0.2, -0.15) is 0 Å². The van der Waals surface area contributed by atoms with E-state index in [-0.39, 0.29) is 0 Å². The summed E-state index contributed by atoms with van der Waals surface area (Å²) in [5.74, 6) is 4.79. The quantitative estimate of drug-likeness (QED) is 0.378. The highest BCUT2D eigenvalue weighted by atomic mass is 16.8. The summed E-state index contributed by atoms with van der Waals surface area (Å²) in [5, 5.41) is 3.60. The molecule has 9 heavy (non-hydrogen) atoms.